The Morgan fingerprint density at radius 3 is 2.44 bits per heavy atom. The molecule has 3 fully saturated rings. The van der Waals surface area contributed by atoms with Gasteiger partial charge in [-0.2, -0.15) is 0 Å². The first-order valence-electron chi connectivity index (χ1n) is 17.3. The number of hydrogen-bond donors (Lipinski definition) is 2. The van der Waals surface area contributed by atoms with E-state index in [-0.39, 0.29) is 25.0 Å². The lowest BCUT2D eigenvalue weighted by Crippen LogP contribution is -2.59. The van der Waals surface area contributed by atoms with Gasteiger partial charge in [0.2, 0.25) is 17.7 Å². The van der Waals surface area contributed by atoms with Crippen LogP contribution >= 0.6 is 0 Å². The van der Waals surface area contributed by atoms with Crippen LogP contribution in [0.5, 0.6) is 17.4 Å². The van der Waals surface area contributed by atoms with Crippen molar-refractivity contribution in [3.05, 3.63) is 36.4 Å². The van der Waals surface area contributed by atoms with Crippen molar-refractivity contribution in [2.24, 2.45) is 11.3 Å². The largest absolute Gasteiger partial charge is 0.496 e. The van der Waals surface area contributed by atoms with Crippen LogP contribution in [0.1, 0.15) is 71.8 Å². The highest BCUT2D eigenvalue weighted by Gasteiger charge is 2.62. The number of benzene rings is 1. The quantitative estimate of drug-likeness (QED) is 0.238. The van der Waals surface area contributed by atoms with Gasteiger partial charge in [0.05, 0.1) is 32.9 Å². The molecule has 1 aromatic carbocycles. The Balaban J connectivity index is 1.47. The molecule has 0 spiro atoms. The third kappa shape index (κ3) is 7.46. The molecule has 0 unspecified atom stereocenters. The number of fused-ring (bicyclic) bond motifs is 1. The molecule has 5 rings (SSSR count). The number of aryl methyl sites for hydroxylation is 1. The number of likely N-dealkylation sites (tertiary alicyclic amines) is 1. The Morgan fingerprint density at radius 2 is 1.84 bits per heavy atom. The Morgan fingerprint density at radius 1 is 1.12 bits per heavy atom. The van der Waals surface area contributed by atoms with Crippen molar-refractivity contribution in [3.8, 4) is 17.4 Å². The molecule has 0 bridgehead atoms. The van der Waals surface area contributed by atoms with Crippen LogP contribution in [0.3, 0.4) is 0 Å². The zero-order valence-electron chi connectivity index (χ0n) is 30.1. The second-order valence-electron chi connectivity index (χ2n) is 14.4. The van der Waals surface area contributed by atoms with Crippen molar-refractivity contribution in [1.29, 1.82) is 0 Å². The molecule has 2 aromatic rings. The number of nitrogens with zero attached hydrogens (tertiary/aromatic N) is 2. The van der Waals surface area contributed by atoms with E-state index in [1.54, 1.807) is 19.3 Å². The van der Waals surface area contributed by atoms with Gasteiger partial charge in [-0.1, -0.05) is 26.8 Å². The van der Waals surface area contributed by atoms with Gasteiger partial charge < -0.3 is 39.2 Å². The normalized spacial score (nSPS) is 23.9. The lowest BCUT2D eigenvalue weighted by Gasteiger charge is -2.35. The fourth-order valence-electron chi connectivity index (χ4n) is 7.06. The van der Waals surface area contributed by atoms with E-state index in [4.69, 9.17) is 23.7 Å². The van der Waals surface area contributed by atoms with Crippen molar-refractivity contribution in [1.82, 2.24) is 20.5 Å². The number of hydrogen-bond acceptors (Lipinski definition) is 10. The molecule has 2 heterocycles. The molecule has 0 radical (unpaired) electrons. The number of alkyl carbamates (subject to hydrolysis) is 1. The second kappa shape index (κ2) is 14.7. The van der Waals surface area contributed by atoms with Crippen LogP contribution in [0.4, 0.5) is 4.79 Å². The van der Waals surface area contributed by atoms with Crippen molar-refractivity contribution >= 4 is 34.8 Å². The highest BCUT2D eigenvalue weighted by atomic mass is 16.6. The van der Waals surface area contributed by atoms with Crippen molar-refractivity contribution in [3.63, 3.8) is 0 Å². The molecular weight excluding hydrogens is 644 g/mol. The molecule has 3 amide bonds. The third-order valence-corrected chi connectivity index (χ3v) is 9.92. The van der Waals surface area contributed by atoms with E-state index in [0.29, 0.717) is 41.3 Å². The maximum atomic E-state index is 14.5. The molecule has 1 saturated heterocycles. The third-order valence-electron chi connectivity index (χ3n) is 9.92. The van der Waals surface area contributed by atoms with Gasteiger partial charge in [0.1, 0.15) is 41.3 Å². The average Bonchev–Trinajstić information content (AvgIpc) is 3.35. The van der Waals surface area contributed by atoms with Gasteiger partial charge in [0.15, 0.2) is 0 Å². The molecule has 5 atom stereocenters. The SMILES string of the molecule is C=C[C@@H]1C[C@]1(NC(=O)[C@@H]1C[C@@H](Oc2cc(OCC)nc3c(C)c(OC)ccc23)CN1C(=O)[C@@H](NC(=O)OC1CCCC1)C(C)(C)C)C(=O)OC. The monoisotopic (exact) mass is 694 g/mol. The Labute approximate surface area is 293 Å². The van der Waals surface area contributed by atoms with Gasteiger partial charge in [-0.05, 0) is 63.5 Å². The van der Waals surface area contributed by atoms with Crippen LogP contribution in [-0.2, 0) is 23.9 Å². The van der Waals surface area contributed by atoms with Gasteiger partial charge in [0.25, 0.3) is 0 Å². The van der Waals surface area contributed by atoms with Crippen LogP contribution in [0.15, 0.2) is 30.9 Å². The summed E-state index contributed by atoms with van der Waals surface area (Å²) >= 11 is 0. The van der Waals surface area contributed by atoms with Crippen molar-refractivity contribution in [2.45, 2.75) is 103 Å². The predicted molar refractivity (Wildman–Crippen MR) is 185 cm³/mol. The number of aromatic nitrogens is 1. The van der Waals surface area contributed by atoms with E-state index < -0.39 is 53.0 Å². The fraction of sp³-hybridized carbons (Fsp3) is 0.595. The van der Waals surface area contributed by atoms with Crippen molar-refractivity contribution < 1.29 is 42.9 Å². The number of nitrogens with one attached hydrogen (secondary N) is 2. The lowest BCUT2D eigenvalue weighted by atomic mass is 9.85. The molecule has 13 heteroatoms. The van der Waals surface area contributed by atoms with Crippen LogP contribution in [0, 0.1) is 18.3 Å². The van der Waals surface area contributed by atoms with E-state index in [1.165, 1.54) is 12.0 Å². The number of carbonyl (C=O) groups is 4. The van der Waals surface area contributed by atoms with Gasteiger partial charge in [-0.3, -0.25) is 9.59 Å². The number of methoxy groups -OCH3 is 2. The van der Waals surface area contributed by atoms with E-state index >= 15 is 0 Å². The summed E-state index contributed by atoms with van der Waals surface area (Å²) in [5.41, 5.74) is -0.575. The number of carbonyl (C=O) groups excluding carboxylic acids is 4. The van der Waals surface area contributed by atoms with Gasteiger partial charge in [-0.25, -0.2) is 14.6 Å². The molecule has 50 heavy (non-hydrogen) atoms. The van der Waals surface area contributed by atoms with E-state index in [0.717, 1.165) is 31.2 Å². The summed E-state index contributed by atoms with van der Waals surface area (Å²) in [7, 11) is 2.85. The summed E-state index contributed by atoms with van der Waals surface area (Å²) in [5.74, 6) is -0.418. The van der Waals surface area contributed by atoms with E-state index in [1.807, 2.05) is 46.8 Å². The Hall–Kier alpha value is -4.55. The minimum absolute atomic E-state index is 0.0296. The number of esters is 1. The summed E-state index contributed by atoms with van der Waals surface area (Å²) < 4.78 is 28.6. The van der Waals surface area contributed by atoms with Gasteiger partial charge in [0, 0.05) is 29.4 Å². The Bertz CT molecular complexity index is 1630. The molecule has 1 aliphatic heterocycles. The summed E-state index contributed by atoms with van der Waals surface area (Å²) in [4.78, 5) is 60.6. The molecule has 2 N–H and O–H groups in total. The number of amides is 3. The summed E-state index contributed by atoms with van der Waals surface area (Å²) in [6.07, 6.45) is 4.07. The van der Waals surface area contributed by atoms with E-state index in [9.17, 15) is 19.2 Å². The number of rotatable bonds is 12. The zero-order valence-corrected chi connectivity index (χ0v) is 30.1. The van der Waals surface area contributed by atoms with Crippen LogP contribution < -0.4 is 24.8 Å². The molecule has 1 aromatic heterocycles. The fourth-order valence-corrected chi connectivity index (χ4v) is 7.06. The summed E-state index contributed by atoms with van der Waals surface area (Å²) in [6.45, 7) is 13.5. The smallest absolute Gasteiger partial charge is 0.408 e. The first-order valence-corrected chi connectivity index (χ1v) is 17.3. The van der Waals surface area contributed by atoms with Crippen LogP contribution in [0.2, 0.25) is 0 Å². The molecule has 13 nitrogen and oxygen atoms in total. The molecule has 3 aliphatic rings. The standard InChI is InChI=1S/C37H50N4O9/c1-9-22-19-37(22,34(44)47-8)40-32(42)26-17-24(49-28-18-29(48-10-2)38-30-21(3)27(46-7)16-15-25(28)30)20-41(26)33(43)31(36(4,5)6)39-35(45)50-23-13-11-12-14-23/h9,15-16,18,22-24,26,31H,1,10-14,17,19-20H2,2-8H3,(H,39,45)(H,40,42)/t22-,24-,26+,31-,37-/m1/s1. The van der Waals surface area contributed by atoms with Crippen LogP contribution in [0.25, 0.3) is 10.9 Å². The molecule has 272 valence electrons. The minimum Gasteiger partial charge on any atom is -0.496 e. The maximum absolute atomic E-state index is 14.5. The van der Waals surface area contributed by atoms with Crippen LogP contribution in [-0.4, -0.2) is 91.0 Å². The lowest BCUT2D eigenvalue weighted by molar-refractivity contribution is -0.148. The van der Waals surface area contributed by atoms with Gasteiger partial charge in [-0.15, -0.1) is 6.58 Å². The zero-order chi connectivity index (χ0) is 36.4. The maximum Gasteiger partial charge on any atom is 0.408 e. The molecular formula is C37H50N4O9. The highest BCUT2D eigenvalue weighted by molar-refractivity contribution is 5.97. The summed E-state index contributed by atoms with van der Waals surface area (Å²) in [5, 5.41) is 6.39. The first kappa shape index (κ1) is 36.7. The van der Waals surface area contributed by atoms with Crippen molar-refractivity contribution in [2.75, 3.05) is 27.4 Å². The highest BCUT2D eigenvalue weighted by Crippen LogP contribution is 2.46. The average molecular weight is 695 g/mol. The van der Waals surface area contributed by atoms with E-state index in [2.05, 4.69) is 22.2 Å². The topological polar surface area (TPSA) is 155 Å². The number of ether oxygens (including phenoxy) is 5. The number of pyridine rings is 1. The second-order valence-corrected chi connectivity index (χ2v) is 14.4. The first-order chi connectivity index (χ1) is 23.8. The summed E-state index contributed by atoms with van der Waals surface area (Å²) in [6, 6.07) is 3.32. The molecule has 2 aliphatic carbocycles. The molecule has 2 saturated carbocycles. The predicted octanol–water partition coefficient (Wildman–Crippen LogP) is 4.62. The minimum atomic E-state index is -1.27. The van der Waals surface area contributed by atoms with Gasteiger partial charge >= 0.3 is 12.1 Å². The Kier molecular flexibility index (Phi) is 10.8.